The van der Waals surface area contributed by atoms with Gasteiger partial charge >= 0.3 is 11.9 Å². The lowest BCUT2D eigenvalue weighted by molar-refractivity contribution is -0.140. The Kier molecular flexibility index (Phi) is 9.28. The first-order chi connectivity index (χ1) is 14.4. The highest BCUT2D eigenvalue weighted by atomic mass is 19.1. The van der Waals surface area contributed by atoms with Gasteiger partial charge in [0.2, 0.25) is 0 Å². The van der Waals surface area contributed by atoms with E-state index >= 15 is 0 Å². The summed E-state index contributed by atoms with van der Waals surface area (Å²) in [6.07, 6.45) is 2.35. The molecule has 0 fully saturated rings. The molecule has 0 saturated carbocycles. The molecule has 0 bridgehead atoms. The highest BCUT2D eigenvalue weighted by Crippen LogP contribution is 2.19. The molecule has 0 amide bonds. The maximum atomic E-state index is 13.5. The molecule has 0 radical (unpaired) electrons. The van der Waals surface area contributed by atoms with Crippen LogP contribution in [0.15, 0.2) is 42.5 Å². The zero-order valence-electron chi connectivity index (χ0n) is 17.4. The molecule has 6 nitrogen and oxygen atoms in total. The Morgan fingerprint density at radius 3 is 2.40 bits per heavy atom. The lowest BCUT2D eigenvalue weighted by atomic mass is 10.1. The summed E-state index contributed by atoms with van der Waals surface area (Å²) in [6, 6.07) is 11.1. The minimum absolute atomic E-state index is 0.0736. The molecule has 0 saturated heterocycles. The number of hydrogen-bond acceptors (Lipinski definition) is 6. The summed E-state index contributed by atoms with van der Waals surface area (Å²) in [6.45, 7) is 1.95. The van der Waals surface area contributed by atoms with E-state index < -0.39 is 0 Å². The monoisotopic (exact) mass is 417 g/mol. The standard InChI is InChI=1S/C23H28FNO5/c1-29-22(27)5-3-4-13-25(14-12-19-15-20(24)10-11-21(19)26)16-17-6-8-18(9-7-17)23(28)30-2/h6-11,15,26H,3-5,12-14,16H2,1-2H3. The third-order valence-electron chi connectivity index (χ3n) is 4.85. The zero-order valence-corrected chi connectivity index (χ0v) is 17.4. The van der Waals surface area contributed by atoms with Crippen molar-refractivity contribution in [2.45, 2.75) is 32.2 Å². The Bertz CT molecular complexity index is 838. The molecule has 0 aliphatic carbocycles. The van der Waals surface area contributed by atoms with Gasteiger partial charge in [0.05, 0.1) is 19.8 Å². The summed E-state index contributed by atoms with van der Waals surface area (Å²) in [7, 11) is 2.71. The topological polar surface area (TPSA) is 76.1 Å². The molecular formula is C23H28FNO5. The summed E-state index contributed by atoms with van der Waals surface area (Å²) in [5.74, 6) is -0.928. The second kappa shape index (κ2) is 11.9. The first-order valence-corrected chi connectivity index (χ1v) is 9.86. The number of aromatic hydroxyl groups is 1. The van der Waals surface area contributed by atoms with Crippen LogP contribution in [0.4, 0.5) is 4.39 Å². The van der Waals surface area contributed by atoms with Crippen LogP contribution in [0.3, 0.4) is 0 Å². The highest BCUT2D eigenvalue weighted by molar-refractivity contribution is 5.89. The van der Waals surface area contributed by atoms with Crippen molar-refractivity contribution in [1.82, 2.24) is 4.90 Å². The number of rotatable bonds is 11. The number of carbonyl (C=O) groups is 2. The summed E-state index contributed by atoms with van der Waals surface area (Å²) < 4.78 is 22.9. The van der Waals surface area contributed by atoms with E-state index in [4.69, 9.17) is 4.74 Å². The Morgan fingerprint density at radius 1 is 1.00 bits per heavy atom. The Hall–Kier alpha value is -2.93. The van der Waals surface area contributed by atoms with Crippen molar-refractivity contribution in [3.8, 4) is 5.75 Å². The number of halogens is 1. The lowest BCUT2D eigenvalue weighted by Crippen LogP contribution is -2.27. The zero-order chi connectivity index (χ0) is 21.9. The van der Waals surface area contributed by atoms with Gasteiger partial charge in [-0.2, -0.15) is 0 Å². The molecule has 30 heavy (non-hydrogen) atoms. The average Bonchev–Trinajstić information content (AvgIpc) is 2.76. The van der Waals surface area contributed by atoms with Gasteiger partial charge in [-0.3, -0.25) is 9.69 Å². The van der Waals surface area contributed by atoms with Gasteiger partial charge in [-0.05, 0) is 67.3 Å². The van der Waals surface area contributed by atoms with E-state index in [1.165, 1.54) is 32.4 Å². The molecule has 0 unspecified atom stereocenters. The quantitative estimate of drug-likeness (QED) is 0.444. The second-order valence-corrected chi connectivity index (χ2v) is 7.02. The smallest absolute Gasteiger partial charge is 0.337 e. The van der Waals surface area contributed by atoms with Crippen molar-refractivity contribution in [1.29, 1.82) is 0 Å². The number of esters is 2. The fourth-order valence-corrected chi connectivity index (χ4v) is 3.13. The van der Waals surface area contributed by atoms with Crippen molar-refractivity contribution in [2.24, 2.45) is 0 Å². The minimum Gasteiger partial charge on any atom is -0.508 e. The Morgan fingerprint density at radius 2 is 1.73 bits per heavy atom. The molecule has 0 aliphatic heterocycles. The Balaban J connectivity index is 2.01. The van der Waals surface area contributed by atoms with Crippen LogP contribution in [0, 0.1) is 5.82 Å². The summed E-state index contributed by atoms with van der Waals surface area (Å²) in [5.41, 5.74) is 2.05. The normalized spacial score (nSPS) is 10.8. The van der Waals surface area contributed by atoms with Crippen LogP contribution in [0.2, 0.25) is 0 Å². The van der Waals surface area contributed by atoms with Gasteiger partial charge in [-0.15, -0.1) is 0 Å². The van der Waals surface area contributed by atoms with E-state index in [0.717, 1.165) is 18.5 Å². The van der Waals surface area contributed by atoms with Gasteiger partial charge in [0.25, 0.3) is 0 Å². The fourth-order valence-electron chi connectivity index (χ4n) is 3.13. The number of phenols is 1. The van der Waals surface area contributed by atoms with Gasteiger partial charge in [0, 0.05) is 19.5 Å². The SMILES string of the molecule is COC(=O)CCCCN(CCc1cc(F)ccc1O)Cc1ccc(C(=O)OC)cc1. The number of phenolic OH excluding ortho intramolecular Hbond substituents is 1. The van der Waals surface area contributed by atoms with E-state index in [2.05, 4.69) is 9.64 Å². The lowest BCUT2D eigenvalue weighted by Gasteiger charge is -2.23. The molecule has 7 heteroatoms. The van der Waals surface area contributed by atoms with Gasteiger partial charge in [-0.1, -0.05) is 12.1 Å². The Labute approximate surface area is 176 Å². The summed E-state index contributed by atoms with van der Waals surface area (Å²) in [4.78, 5) is 25.1. The van der Waals surface area contributed by atoms with E-state index in [1.54, 1.807) is 12.1 Å². The highest BCUT2D eigenvalue weighted by Gasteiger charge is 2.11. The molecule has 2 rings (SSSR count). The number of methoxy groups -OCH3 is 2. The molecular weight excluding hydrogens is 389 g/mol. The molecule has 0 aromatic heterocycles. The van der Waals surface area contributed by atoms with Crippen LogP contribution >= 0.6 is 0 Å². The van der Waals surface area contributed by atoms with Crippen LogP contribution in [0.25, 0.3) is 0 Å². The second-order valence-electron chi connectivity index (χ2n) is 7.02. The van der Waals surface area contributed by atoms with E-state index in [1.807, 2.05) is 12.1 Å². The van der Waals surface area contributed by atoms with Crippen LogP contribution < -0.4 is 0 Å². The molecule has 2 aromatic carbocycles. The molecule has 162 valence electrons. The van der Waals surface area contributed by atoms with Crippen molar-refractivity contribution in [3.05, 3.63) is 65.0 Å². The number of nitrogens with zero attached hydrogens (tertiary/aromatic N) is 1. The first kappa shape index (κ1) is 23.3. The largest absolute Gasteiger partial charge is 0.508 e. The van der Waals surface area contributed by atoms with Crippen molar-refractivity contribution >= 4 is 11.9 Å². The third kappa shape index (κ3) is 7.48. The van der Waals surface area contributed by atoms with Crippen LogP contribution in [0.5, 0.6) is 5.75 Å². The summed E-state index contributed by atoms with van der Waals surface area (Å²) >= 11 is 0. The number of ether oxygens (including phenoxy) is 2. The predicted octanol–water partition coefficient (Wildman–Crippen LogP) is 3.71. The fraction of sp³-hybridized carbons (Fsp3) is 0.391. The molecule has 0 heterocycles. The summed E-state index contributed by atoms with van der Waals surface area (Å²) in [5, 5.41) is 9.97. The van der Waals surface area contributed by atoms with Crippen LogP contribution in [-0.4, -0.2) is 49.3 Å². The number of benzene rings is 2. The first-order valence-electron chi connectivity index (χ1n) is 9.86. The predicted molar refractivity (Wildman–Crippen MR) is 111 cm³/mol. The number of carbonyl (C=O) groups excluding carboxylic acids is 2. The van der Waals surface area contributed by atoms with Gasteiger partial charge in [0.15, 0.2) is 0 Å². The van der Waals surface area contributed by atoms with Crippen molar-refractivity contribution in [3.63, 3.8) is 0 Å². The molecule has 0 atom stereocenters. The van der Waals surface area contributed by atoms with Crippen LogP contribution in [-0.2, 0) is 27.2 Å². The van der Waals surface area contributed by atoms with Crippen molar-refractivity contribution in [2.75, 3.05) is 27.3 Å². The maximum absolute atomic E-state index is 13.5. The molecule has 1 N–H and O–H groups in total. The van der Waals surface area contributed by atoms with Gasteiger partial charge in [0.1, 0.15) is 11.6 Å². The third-order valence-corrected chi connectivity index (χ3v) is 4.85. The van der Waals surface area contributed by atoms with E-state index in [9.17, 15) is 19.1 Å². The molecule has 0 spiro atoms. The average molecular weight is 417 g/mol. The maximum Gasteiger partial charge on any atom is 0.337 e. The minimum atomic E-state index is -0.386. The van der Waals surface area contributed by atoms with Gasteiger partial charge < -0.3 is 14.6 Å². The van der Waals surface area contributed by atoms with E-state index in [-0.39, 0.29) is 23.5 Å². The number of hydrogen-bond donors (Lipinski definition) is 1. The number of unbranched alkanes of at least 4 members (excludes halogenated alkanes) is 1. The molecule has 0 aliphatic rings. The van der Waals surface area contributed by atoms with Gasteiger partial charge in [-0.25, -0.2) is 9.18 Å². The van der Waals surface area contributed by atoms with Crippen molar-refractivity contribution < 1.29 is 28.6 Å². The molecule has 2 aromatic rings. The van der Waals surface area contributed by atoms with E-state index in [0.29, 0.717) is 43.5 Å². The van der Waals surface area contributed by atoms with Crippen LogP contribution in [0.1, 0.15) is 40.7 Å².